The average Bonchev–Trinajstić information content (AvgIpc) is 2.89. The number of fused-ring (bicyclic) bond motifs is 1. The molecule has 0 fully saturated rings. The van der Waals surface area contributed by atoms with Crippen molar-refractivity contribution in [1.29, 1.82) is 0 Å². The molecule has 3 aromatic rings. The number of aryl methyl sites for hydroxylation is 2. The molecule has 0 amide bonds. The Kier molecular flexibility index (Phi) is 5.20. The van der Waals surface area contributed by atoms with Gasteiger partial charge in [-0.25, -0.2) is 13.4 Å². The second-order valence-electron chi connectivity index (χ2n) is 5.91. The Morgan fingerprint density at radius 2 is 1.82 bits per heavy atom. The third-order valence-electron chi connectivity index (χ3n) is 4.06. The summed E-state index contributed by atoms with van der Waals surface area (Å²) in [5.74, 6) is 0.488. The number of aromatic nitrogens is 2. The SMILES string of the molecule is Cc1nc2cc(S(=O)(=O)C(F)(F)F)cc(N=Cc3ccc(Cl)c(Cl)c3)c2n1C. The molecule has 0 aliphatic heterocycles. The van der Waals surface area contributed by atoms with Gasteiger partial charge in [0.25, 0.3) is 9.84 Å². The molecule has 3 rings (SSSR count). The minimum Gasteiger partial charge on any atom is -0.330 e. The molecule has 0 N–H and O–H groups in total. The van der Waals surface area contributed by atoms with Crippen molar-refractivity contribution in [2.24, 2.45) is 12.0 Å². The van der Waals surface area contributed by atoms with Gasteiger partial charge in [-0.05, 0) is 36.8 Å². The smallest absolute Gasteiger partial charge is 0.330 e. The van der Waals surface area contributed by atoms with Crippen molar-refractivity contribution in [1.82, 2.24) is 9.55 Å². The van der Waals surface area contributed by atoms with Crippen LogP contribution in [0.4, 0.5) is 18.9 Å². The summed E-state index contributed by atoms with van der Waals surface area (Å²) in [7, 11) is -3.90. The summed E-state index contributed by atoms with van der Waals surface area (Å²) >= 11 is 11.8. The minimum absolute atomic E-state index is 0.0227. The van der Waals surface area contributed by atoms with Crippen LogP contribution in [0.15, 0.2) is 40.2 Å². The number of hydrogen-bond acceptors (Lipinski definition) is 4. The summed E-state index contributed by atoms with van der Waals surface area (Å²) in [5, 5.41) is 0.613. The standard InChI is InChI=1S/C17H12Cl2F3N3O2S/c1-9-24-15-7-11(28(26,27)17(20,21)22)6-14(16(15)25(9)2)23-8-10-3-4-12(18)13(19)5-10/h3-8H,1-2H3. The molecule has 2 aromatic carbocycles. The quantitative estimate of drug-likeness (QED) is 0.514. The number of hydrogen-bond donors (Lipinski definition) is 0. The summed E-state index contributed by atoms with van der Waals surface area (Å²) in [5.41, 5.74) is -4.39. The molecule has 1 heterocycles. The van der Waals surface area contributed by atoms with E-state index in [1.165, 1.54) is 12.3 Å². The van der Waals surface area contributed by atoms with E-state index in [2.05, 4.69) is 9.98 Å². The van der Waals surface area contributed by atoms with Crippen LogP contribution in [0.1, 0.15) is 11.4 Å². The Morgan fingerprint density at radius 3 is 2.43 bits per heavy atom. The van der Waals surface area contributed by atoms with Crippen molar-refractivity contribution in [2.75, 3.05) is 0 Å². The second kappa shape index (κ2) is 7.06. The fraction of sp³-hybridized carbons (Fsp3) is 0.176. The van der Waals surface area contributed by atoms with Gasteiger partial charge < -0.3 is 4.57 Å². The predicted molar refractivity (Wildman–Crippen MR) is 102 cm³/mol. The van der Waals surface area contributed by atoms with Crippen molar-refractivity contribution in [2.45, 2.75) is 17.3 Å². The van der Waals surface area contributed by atoms with Crippen LogP contribution in [0.25, 0.3) is 11.0 Å². The van der Waals surface area contributed by atoms with Crippen LogP contribution in [0, 0.1) is 6.92 Å². The van der Waals surface area contributed by atoms with Gasteiger partial charge in [0.1, 0.15) is 5.82 Å². The predicted octanol–water partition coefficient (Wildman–Crippen LogP) is 5.23. The summed E-state index contributed by atoms with van der Waals surface area (Å²) < 4.78 is 64.3. The van der Waals surface area contributed by atoms with E-state index in [0.29, 0.717) is 21.9 Å². The number of imidazole rings is 1. The third-order valence-corrected chi connectivity index (χ3v) is 6.26. The van der Waals surface area contributed by atoms with Crippen LogP contribution < -0.4 is 0 Å². The maximum Gasteiger partial charge on any atom is 0.501 e. The van der Waals surface area contributed by atoms with Gasteiger partial charge in [-0.1, -0.05) is 29.3 Å². The zero-order valence-electron chi connectivity index (χ0n) is 14.4. The zero-order valence-corrected chi connectivity index (χ0v) is 16.7. The van der Waals surface area contributed by atoms with Crippen molar-refractivity contribution >= 4 is 56.0 Å². The highest BCUT2D eigenvalue weighted by Gasteiger charge is 2.47. The number of benzene rings is 2. The van der Waals surface area contributed by atoms with Crippen molar-refractivity contribution in [3.8, 4) is 0 Å². The maximum absolute atomic E-state index is 13.0. The Hall–Kier alpha value is -2.10. The molecule has 0 saturated carbocycles. The van der Waals surface area contributed by atoms with Gasteiger partial charge in [0.05, 0.1) is 31.7 Å². The maximum atomic E-state index is 13.0. The normalized spacial score (nSPS) is 13.0. The molecule has 11 heteroatoms. The van der Waals surface area contributed by atoms with E-state index in [9.17, 15) is 21.6 Å². The van der Waals surface area contributed by atoms with Gasteiger partial charge in [0, 0.05) is 13.3 Å². The monoisotopic (exact) mass is 449 g/mol. The molecule has 0 radical (unpaired) electrons. The van der Waals surface area contributed by atoms with Crippen molar-refractivity contribution in [3.63, 3.8) is 0 Å². The van der Waals surface area contributed by atoms with Crippen LogP contribution in [-0.4, -0.2) is 29.7 Å². The third kappa shape index (κ3) is 3.61. The van der Waals surface area contributed by atoms with Gasteiger partial charge in [-0.15, -0.1) is 0 Å². The van der Waals surface area contributed by atoms with Crippen molar-refractivity contribution in [3.05, 3.63) is 51.8 Å². The van der Waals surface area contributed by atoms with E-state index >= 15 is 0 Å². The summed E-state index contributed by atoms with van der Waals surface area (Å²) in [6.45, 7) is 1.64. The summed E-state index contributed by atoms with van der Waals surface area (Å²) in [6.07, 6.45) is 1.35. The van der Waals surface area contributed by atoms with E-state index in [1.54, 1.807) is 30.7 Å². The number of alkyl halides is 3. The molecule has 0 spiro atoms. The van der Waals surface area contributed by atoms with E-state index < -0.39 is 20.2 Å². The number of rotatable bonds is 3. The summed E-state index contributed by atoms with van der Waals surface area (Å²) in [4.78, 5) is 7.39. The molecule has 0 atom stereocenters. The molecule has 0 aliphatic carbocycles. The number of halogens is 5. The van der Waals surface area contributed by atoms with Crippen LogP contribution in [-0.2, 0) is 16.9 Å². The lowest BCUT2D eigenvalue weighted by atomic mass is 10.2. The molecule has 1 aromatic heterocycles. The fourth-order valence-electron chi connectivity index (χ4n) is 2.54. The van der Waals surface area contributed by atoms with E-state index in [1.807, 2.05) is 0 Å². The fourth-order valence-corrected chi connectivity index (χ4v) is 3.65. The second-order valence-corrected chi connectivity index (χ2v) is 8.66. The van der Waals surface area contributed by atoms with Gasteiger partial charge in [0.2, 0.25) is 0 Å². The highest BCUT2D eigenvalue weighted by molar-refractivity contribution is 7.92. The lowest BCUT2D eigenvalue weighted by Crippen LogP contribution is -2.23. The Morgan fingerprint density at radius 1 is 1.14 bits per heavy atom. The number of sulfone groups is 1. The Bertz CT molecular complexity index is 1220. The molecular formula is C17H12Cl2F3N3O2S. The average molecular weight is 450 g/mol. The zero-order chi connectivity index (χ0) is 20.9. The lowest BCUT2D eigenvalue weighted by Gasteiger charge is -2.09. The first kappa shape index (κ1) is 20.6. The number of nitrogens with zero attached hydrogens (tertiary/aromatic N) is 3. The van der Waals surface area contributed by atoms with Crippen molar-refractivity contribution < 1.29 is 21.6 Å². The molecule has 0 unspecified atom stereocenters. The number of aliphatic imine (C=N–C) groups is 1. The molecular weight excluding hydrogens is 438 g/mol. The van der Waals surface area contributed by atoms with Crippen LogP contribution in [0.3, 0.4) is 0 Å². The van der Waals surface area contributed by atoms with E-state index in [-0.39, 0.29) is 16.2 Å². The first-order valence-electron chi connectivity index (χ1n) is 7.69. The lowest BCUT2D eigenvalue weighted by molar-refractivity contribution is -0.0435. The van der Waals surface area contributed by atoms with Crippen LogP contribution >= 0.6 is 23.2 Å². The Labute approximate surface area is 168 Å². The topological polar surface area (TPSA) is 64.3 Å². The molecule has 0 aliphatic rings. The molecule has 28 heavy (non-hydrogen) atoms. The molecule has 0 saturated heterocycles. The highest BCUT2D eigenvalue weighted by atomic mass is 35.5. The first-order valence-corrected chi connectivity index (χ1v) is 9.93. The highest BCUT2D eigenvalue weighted by Crippen LogP contribution is 2.36. The van der Waals surface area contributed by atoms with E-state index in [4.69, 9.17) is 23.2 Å². The first-order chi connectivity index (χ1) is 12.9. The van der Waals surface area contributed by atoms with Crippen LogP contribution in [0.2, 0.25) is 10.0 Å². The van der Waals surface area contributed by atoms with E-state index in [0.717, 1.165) is 12.1 Å². The van der Waals surface area contributed by atoms with Crippen LogP contribution in [0.5, 0.6) is 0 Å². The van der Waals surface area contributed by atoms with Gasteiger partial charge >= 0.3 is 5.51 Å². The largest absolute Gasteiger partial charge is 0.501 e. The molecule has 5 nitrogen and oxygen atoms in total. The summed E-state index contributed by atoms with van der Waals surface area (Å²) in [6, 6.07) is 6.44. The molecule has 148 valence electrons. The molecule has 0 bridgehead atoms. The minimum atomic E-state index is -5.55. The van der Waals surface area contributed by atoms with Gasteiger partial charge in [0.15, 0.2) is 0 Å². The van der Waals surface area contributed by atoms with Gasteiger partial charge in [-0.3, -0.25) is 4.99 Å². The van der Waals surface area contributed by atoms with Gasteiger partial charge in [-0.2, -0.15) is 13.2 Å². The Balaban J connectivity index is 2.22.